The van der Waals surface area contributed by atoms with Crippen LogP contribution in [0.2, 0.25) is 0 Å². The van der Waals surface area contributed by atoms with Crippen molar-refractivity contribution in [1.29, 1.82) is 0 Å². The zero-order valence-electron chi connectivity index (χ0n) is 15.0. The molecule has 0 saturated carbocycles. The average Bonchev–Trinajstić information content (AvgIpc) is 3.17. The number of piperidine rings is 1. The highest BCUT2D eigenvalue weighted by atomic mass is 32.2. The molecule has 27 heavy (non-hydrogen) atoms. The van der Waals surface area contributed by atoms with Crippen molar-refractivity contribution in [3.05, 3.63) is 48.0 Å². The first-order valence-corrected chi connectivity index (χ1v) is 9.87. The molecule has 1 N–H and O–H groups in total. The Hall–Kier alpha value is -2.35. The fourth-order valence-electron chi connectivity index (χ4n) is 3.13. The van der Waals surface area contributed by atoms with E-state index in [1.807, 2.05) is 11.8 Å². The Morgan fingerprint density at radius 2 is 1.96 bits per heavy atom. The number of thioether (sulfide) groups is 1. The predicted molar refractivity (Wildman–Crippen MR) is 100 cm³/mol. The number of nitrogens with zero attached hydrogens (tertiary/aromatic N) is 3. The molecule has 8 heteroatoms. The normalized spacial score (nSPS) is 16.3. The quantitative estimate of drug-likeness (QED) is 0.765. The Kier molecular flexibility index (Phi) is 6.15. The summed E-state index contributed by atoms with van der Waals surface area (Å²) in [5, 5.41) is 13.1. The number of likely N-dealkylation sites (tertiary alicyclic amines) is 1. The van der Waals surface area contributed by atoms with Crippen LogP contribution in [-0.4, -0.2) is 50.5 Å². The van der Waals surface area contributed by atoms with Gasteiger partial charge in [0.25, 0.3) is 0 Å². The van der Waals surface area contributed by atoms with Crippen LogP contribution in [0.1, 0.15) is 36.2 Å². The largest absolute Gasteiger partial charge is 0.478 e. The summed E-state index contributed by atoms with van der Waals surface area (Å²) in [6.07, 6.45) is 4.41. The van der Waals surface area contributed by atoms with Crippen molar-refractivity contribution in [2.24, 2.45) is 5.92 Å². The number of carbonyl (C=O) groups is 2. The second-order valence-corrected chi connectivity index (χ2v) is 7.83. The SMILES string of the molecule is CC(CSc1ccc(F)cc1)C(=O)N1CCC(n2cc(C(=O)O)cn2)CC1. The Morgan fingerprint density at radius 1 is 1.30 bits per heavy atom. The highest BCUT2D eigenvalue weighted by Gasteiger charge is 2.27. The minimum Gasteiger partial charge on any atom is -0.478 e. The molecule has 1 aliphatic rings. The first-order valence-electron chi connectivity index (χ1n) is 8.88. The Balaban J connectivity index is 1.48. The van der Waals surface area contributed by atoms with Gasteiger partial charge in [0.1, 0.15) is 5.82 Å². The van der Waals surface area contributed by atoms with Crippen molar-refractivity contribution in [2.75, 3.05) is 18.8 Å². The smallest absolute Gasteiger partial charge is 0.338 e. The summed E-state index contributed by atoms with van der Waals surface area (Å²) in [5.41, 5.74) is 0.181. The minimum atomic E-state index is -0.985. The van der Waals surface area contributed by atoms with Crippen molar-refractivity contribution in [2.45, 2.75) is 30.7 Å². The van der Waals surface area contributed by atoms with E-state index in [0.717, 1.165) is 17.7 Å². The molecule has 3 rings (SSSR count). The molecule has 6 nitrogen and oxygen atoms in total. The van der Waals surface area contributed by atoms with Gasteiger partial charge in [0.05, 0.1) is 17.8 Å². The second-order valence-electron chi connectivity index (χ2n) is 6.74. The third-order valence-corrected chi connectivity index (χ3v) is 6.01. The lowest BCUT2D eigenvalue weighted by molar-refractivity contribution is -0.135. The number of aromatic carboxylic acids is 1. The van der Waals surface area contributed by atoms with Crippen LogP contribution in [0.25, 0.3) is 0 Å². The molecule has 1 aromatic carbocycles. The van der Waals surface area contributed by atoms with E-state index in [9.17, 15) is 14.0 Å². The number of carboxylic acid groups (broad SMARTS) is 1. The van der Waals surface area contributed by atoms with Crippen molar-refractivity contribution < 1.29 is 19.1 Å². The van der Waals surface area contributed by atoms with Gasteiger partial charge in [0, 0.05) is 35.9 Å². The third-order valence-electron chi connectivity index (χ3n) is 4.73. The molecule has 1 unspecified atom stereocenters. The van der Waals surface area contributed by atoms with Gasteiger partial charge in [-0.05, 0) is 37.1 Å². The average molecular weight is 391 g/mol. The van der Waals surface area contributed by atoms with Gasteiger partial charge in [0.15, 0.2) is 0 Å². The van der Waals surface area contributed by atoms with Crippen LogP contribution in [0.15, 0.2) is 41.6 Å². The number of aromatic nitrogens is 2. The molecule has 1 atom stereocenters. The van der Waals surface area contributed by atoms with Gasteiger partial charge < -0.3 is 10.0 Å². The molecule has 0 spiro atoms. The zero-order valence-corrected chi connectivity index (χ0v) is 15.9. The number of carboxylic acids is 1. The molecule has 1 fully saturated rings. The highest BCUT2D eigenvalue weighted by molar-refractivity contribution is 7.99. The molecule has 1 aromatic heterocycles. The van der Waals surface area contributed by atoms with Crippen molar-refractivity contribution in [3.8, 4) is 0 Å². The summed E-state index contributed by atoms with van der Waals surface area (Å²) in [6.45, 7) is 3.19. The van der Waals surface area contributed by atoms with Gasteiger partial charge in [-0.2, -0.15) is 5.10 Å². The number of rotatable bonds is 6. The Bertz CT molecular complexity index is 801. The number of carbonyl (C=O) groups excluding carboxylic acids is 1. The molecule has 2 heterocycles. The van der Waals surface area contributed by atoms with Gasteiger partial charge in [0.2, 0.25) is 5.91 Å². The lowest BCUT2D eigenvalue weighted by Gasteiger charge is -2.33. The summed E-state index contributed by atoms with van der Waals surface area (Å²) in [4.78, 5) is 26.4. The van der Waals surface area contributed by atoms with Crippen LogP contribution in [0.4, 0.5) is 4.39 Å². The number of hydrogen-bond donors (Lipinski definition) is 1. The van der Waals surface area contributed by atoms with E-state index in [1.165, 1.54) is 18.3 Å². The van der Waals surface area contributed by atoms with Gasteiger partial charge in [-0.1, -0.05) is 6.92 Å². The van der Waals surface area contributed by atoms with Gasteiger partial charge in [-0.15, -0.1) is 11.8 Å². The summed E-state index contributed by atoms with van der Waals surface area (Å²) >= 11 is 1.55. The zero-order chi connectivity index (χ0) is 19.4. The molecule has 0 aliphatic carbocycles. The molecular formula is C19H22FN3O3S. The van der Waals surface area contributed by atoms with Crippen LogP contribution in [0.5, 0.6) is 0 Å². The number of benzene rings is 1. The second kappa shape index (κ2) is 8.56. The molecule has 0 radical (unpaired) electrons. The summed E-state index contributed by atoms with van der Waals surface area (Å²) < 4.78 is 14.6. The third kappa shape index (κ3) is 4.88. The topological polar surface area (TPSA) is 75.4 Å². The minimum absolute atomic E-state index is 0.117. The predicted octanol–water partition coefficient (Wildman–Crippen LogP) is 3.31. The van der Waals surface area contributed by atoms with E-state index in [0.29, 0.717) is 18.8 Å². The van der Waals surface area contributed by atoms with E-state index in [-0.39, 0.29) is 29.2 Å². The van der Waals surface area contributed by atoms with Crippen LogP contribution < -0.4 is 0 Å². The van der Waals surface area contributed by atoms with Crippen LogP contribution in [-0.2, 0) is 4.79 Å². The summed E-state index contributed by atoms with van der Waals surface area (Å²) in [7, 11) is 0. The Labute approximate surface area is 161 Å². The fourth-order valence-corrected chi connectivity index (χ4v) is 4.05. The first kappa shape index (κ1) is 19.4. The molecule has 1 amide bonds. The lowest BCUT2D eigenvalue weighted by Crippen LogP contribution is -2.42. The van der Waals surface area contributed by atoms with E-state index in [1.54, 1.807) is 34.8 Å². The lowest BCUT2D eigenvalue weighted by atomic mass is 10.0. The molecule has 1 aliphatic heterocycles. The fraction of sp³-hybridized carbons (Fsp3) is 0.421. The van der Waals surface area contributed by atoms with Gasteiger partial charge in [-0.3, -0.25) is 9.48 Å². The summed E-state index contributed by atoms with van der Waals surface area (Å²) in [6, 6.07) is 6.40. The van der Waals surface area contributed by atoms with Crippen molar-refractivity contribution in [3.63, 3.8) is 0 Å². The maximum Gasteiger partial charge on any atom is 0.338 e. The van der Waals surface area contributed by atoms with E-state index in [2.05, 4.69) is 5.10 Å². The van der Waals surface area contributed by atoms with E-state index >= 15 is 0 Å². The van der Waals surface area contributed by atoms with E-state index < -0.39 is 5.97 Å². The number of hydrogen-bond acceptors (Lipinski definition) is 4. The monoisotopic (exact) mass is 391 g/mol. The maximum absolute atomic E-state index is 12.9. The molecular weight excluding hydrogens is 369 g/mol. The van der Waals surface area contributed by atoms with Gasteiger partial charge in [-0.25, -0.2) is 9.18 Å². The molecule has 2 aromatic rings. The number of halogens is 1. The van der Waals surface area contributed by atoms with Crippen LogP contribution in [0, 0.1) is 11.7 Å². The van der Waals surface area contributed by atoms with Crippen molar-refractivity contribution >= 4 is 23.6 Å². The Morgan fingerprint density at radius 3 is 2.56 bits per heavy atom. The van der Waals surface area contributed by atoms with E-state index in [4.69, 9.17) is 5.11 Å². The van der Waals surface area contributed by atoms with Crippen LogP contribution >= 0.6 is 11.8 Å². The van der Waals surface area contributed by atoms with Gasteiger partial charge >= 0.3 is 5.97 Å². The first-order chi connectivity index (χ1) is 12.9. The summed E-state index contributed by atoms with van der Waals surface area (Å²) in [5.74, 6) is -0.610. The number of amides is 1. The van der Waals surface area contributed by atoms with Crippen LogP contribution in [0.3, 0.4) is 0 Å². The standard InChI is InChI=1S/C19H22FN3O3S/c1-13(12-27-17-4-2-15(20)3-5-17)18(24)22-8-6-16(7-9-22)23-11-14(10-21-23)19(25)26/h2-5,10-11,13,16H,6-9,12H2,1H3,(H,25,26). The maximum atomic E-state index is 12.9. The highest BCUT2D eigenvalue weighted by Crippen LogP contribution is 2.26. The van der Waals surface area contributed by atoms with Crippen molar-refractivity contribution in [1.82, 2.24) is 14.7 Å². The molecule has 144 valence electrons. The molecule has 1 saturated heterocycles. The molecule has 0 bridgehead atoms.